The van der Waals surface area contributed by atoms with E-state index in [9.17, 15) is 18.0 Å². The highest BCUT2D eigenvalue weighted by Crippen LogP contribution is 2.65. The maximum Gasteiger partial charge on any atom is 0.350 e. The Morgan fingerprint density at radius 3 is 2.62 bits per heavy atom. The van der Waals surface area contributed by atoms with Crippen molar-refractivity contribution in [2.75, 3.05) is 6.61 Å². The highest BCUT2D eigenvalue weighted by atomic mass is 32.2. The van der Waals surface area contributed by atoms with E-state index in [-0.39, 0.29) is 32.6 Å². The van der Waals surface area contributed by atoms with E-state index in [0.29, 0.717) is 5.92 Å². The molecule has 2 aliphatic carbocycles. The minimum atomic E-state index is -4.01. The molecule has 2 fully saturated rings. The summed E-state index contributed by atoms with van der Waals surface area (Å²) in [5, 5.41) is 9.51. The summed E-state index contributed by atoms with van der Waals surface area (Å²) in [5.41, 5.74) is 0.203. The molecule has 0 spiro atoms. The van der Waals surface area contributed by atoms with Crippen molar-refractivity contribution in [1.29, 1.82) is 0 Å². The van der Waals surface area contributed by atoms with Gasteiger partial charge in [-0.1, -0.05) is 20.8 Å². The Morgan fingerprint density at radius 2 is 2.08 bits per heavy atom. The minimum Gasteiger partial charge on any atom is -0.451 e. The molecule has 0 radical (unpaired) electrons. The quantitative estimate of drug-likeness (QED) is 0.732. The normalized spacial score (nSPS) is 29.5. The molecule has 26 heavy (non-hydrogen) atoms. The number of thiophene rings is 1. The van der Waals surface area contributed by atoms with Crippen molar-refractivity contribution in [3.8, 4) is 0 Å². The summed E-state index contributed by atoms with van der Waals surface area (Å²) in [5.74, 6) is -0.649. The number of sulfonamides is 1. The Kier molecular flexibility index (Phi) is 4.69. The van der Waals surface area contributed by atoms with Gasteiger partial charge in [0.15, 0.2) is 6.61 Å². The van der Waals surface area contributed by atoms with E-state index < -0.39 is 22.6 Å². The lowest BCUT2D eigenvalue weighted by atomic mass is 9.69. The second-order valence-electron chi connectivity index (χ2n) is 7.97. The van der Waals surface area contributed by atoms with Crippen LogP contribution in [0.25, 0.3) is 0 Å². The van der Waals surface area contributed by atoms with Crippen LogP contribution in [0.1, 0.15) is 49.7 Å². The minimum absolute atomic E-state index is 0.0336. The van der Waals surface area contributed by atoms with Crippen molar-refractivity contribution < 1.29 is 22.7 Å². The van der Waals surface area contributed by atoms with E-state index in [1.807, 2.05) is 0 Å². The number of ether oxygens (including phenoxy) is 1. The van der Waals surface area contributed by atoms with Crippen LogP contribution < -0.4 is 10.5 Å². The van der Waals surface area contributed by atoms with E-state index in [0.717, 1.165) is 24.2 Å². The number of amides is 1. The fourth-order valence-electron chi connectivity index (χ4n) is 4.53. The first-order valence-corrected chi connectivity index (χ1v) is 11.0. The van der Waals surface area contributed by atoms with E-state index >= 15 is 0 Å². The van der Waals surface area contributed by atoms with Gasteiger partial charge in [-0.3, -0.25) is 4.79 Å². The van der Waals surface area contributed by atoms with Crippen LogP contribution in [-0.2, 0) is 19.6 Å². The Labute approximate surface area is 157 Å². The number of carbonyl (C=O) groups excluding carboxylic acids is 2. The summed E-state index contributed by atoms with van der Waals surface area (Å²) < 4.78 is 27.9. The van der Waals surface area contributed by atoms with Gasteiger partial charge in [0.05, 0.1) is 0 Å². The zero-order valence-electron chi connectivity index (χ0n) is 15.1. The lowest BCUT2D eigenvalue weighted by molar-refractivity contribution is -0.126. The van der Waals surface area contributed by atoms with Crippen molar-refractivity contribution in [3.63, 3.8) is 0 Å². The highest BCUT2D eigenvalue weighted by Gasteiger charge is 2.61. The molecule has 7 nitrogen and oxygen atoms in total. The third-order valence-corrected chi connectivity index (χ3v) is 8.56. The van der Waals surface area contributed by atoms with Crippen LogP contribution in [0.15, 0.2) is 16.3 Å². The van der Waals surface area contributed by atoms with Gasteiger partial charge in [0.25, 0.3) is 5.91 Å². The smallest absolute Gasteiger partial charge is 0.350 e. The molecule has 2 bridgehead atoms. The summed E-state index contributed by atoms with van der Waals surface area (Å²) in [7, 11) is -4.01. The van der Waals surface area contributed by atoms with Crippen molar-refractivity contribution in [1.82, 2.24) is 5.32 Å². The maximum absolute atomic E-state index is 12.3. The molecule has 3 atom stereocenters. The average Bonchev–Trinajstić information content (AvgIpc) is 3.16. The fraction of sp³-hybridized carbons (Fsp3) is 0.647. The largest absolute Gasteiger partial charge is 0.451 e. The molecule has 2 aliphatic rings. The molecule has 1 aromatic heterocycles. The fourth-order valence-corrected chi connectivity index (χ4v) is 6.38. The molecule has 9 heteroatoms. The number of esters is 1. The number of fused-ring (bicyclic) bond motifs is 2. The van der Waals surface area contributed by atoms with Crippen molar-refractivity contribution >= 4 is 33.2 Å². The zero-order valence-corrected chi connectivity index (χ0v) is 16.7. The van der Waals surface area contributed by atoms with Gasteiger partial charge in [0, 0.05) is 6.04 Å². The molecule has 144 valence electrons. The molecule has 1 amide bonds. The Morgan fingerprint density at radius 1 is 1.38 bits per heavy atom. The van der Waals surface area contributed by atoms with Crippen LogP contribution >= 0.6 is 11.3 Å². The summed E-state index contributed by atoms with van der Waals surface area (Å²) in [6.07, 6.45) is 3.19. The van der Waals surface area contributed by atoms with Crippen LogP contribution in [0.5, 0.6) is 0 Å². The summed E-state index contributed by atoms with van der Waals surface area (Å²) in [4.78, 5) is 24.0. The lowest BCUT2D eigenvalue weighted by Gasteiger charge is -2.39. The second-order valence-corrected chi connectivity index (χ2v) is 10.4. The maximum atomic E-state index is 12.3. The van der Waals surface area contributed by atoms with E-state index in [1.54, 1.807) is 0 Å². The van der Waals surface area contributed by atoms with Crippen LogP contribution in [0, 0.1) is 16.7 Å². The lowest BCUT2D eigenvalue weighted by Crippen LogP contribution is -2.48. The van der Waals surface area contributed by atoms with E-state index in [2.05, 4.69) is 26.1 Å². The number of nitrogens with two attached hydrogens (primary N) is 1. The van der Waals surface area contributed by atoms with Gasteiger partial charge < -0.3 is 10.1 Å². The summed E-state index contributed by atoms with van der Waals surface area (Å²) in [6.45, 7) is 6.27. The molecule has 0 unspecified atom stereocenters. The van der Waals surface area contributed by atoms with Gasteiger partial charge in [-0.05, 0) is 47.5 Å². The van der Waals surface area contributed by atoms with Crippen LogP contribution in [0.3, 0.4) is 0 Å². The summed E-state index contributed by atoms with van der Waals surface area (Å²) in [6, 6.07) is 1.30. The number of rotatable bonds is 5. The van der Waals surface area contributed by atoms with Gasteiger partial charge >= 0.3 is 5.97 Å². The van der Waals surface area contributed by atoms with Crippen molar-refractivity contribution in [2.24, 2.45) is 21.9 Å². The average molecular weight is 401 g/mol. The third kappa shape index (κ3) is 3.05. The van der Waals surface area contributed by atoms with Gasteiger partial charge in [-0.2, -0.15) is 0 Å². The SMILES string of the molecule is CC1(C)[C@H]2CC[C@@]1(C)[C@H](NC(=O)COC(=O)c1sccc1S(N)(=O)=O)C2. The first-order valence-electron chi connectivity index (χ1n) is 8.53. The molecule has 0 aromatic carbocycles. The van der Waals surface area contributed by atoms with E-state index in [4.69, 9.17) is 9.88 Å². The standard InChI is InChI=1S/C17H24N2O5S2/c1-16(2)10-4-6-17(16,3)12(8-10)19-13(20)9-24-15(21)14-11(5-7-25-14)26(18,22)23/h5,7,10,12H,4,6,8-9H2,1-3H3,(H,19,20)(H2,18,22,23)/t10-,12+,17-/m0/s1. The van der Waals surface area contributed by atoms with Crippen LogP contribution in [0.2, 0.25) is 0 Å². The van der Waals surface area contributed by atoms with Crippen LogP contribution in [0.4, 0.5) is 0 Å². The van der Waals surface area contributed by atoms with Crippen molar-refractivity contribution in [3.05, 3.63) is 16.3 Å². The molecule has 3 N–H and O–H groups in total. The molecule has 2 saturated carbocycles. The molecular weight excluding hydrogens is 376 g/mol. The number of hydrogen-bond donors (Lipinski definition) is 2. The molecular formula is C17H24N2O5S2. The molecule has 1 aromatic rings. The number of carbonyl (C=O) groups is 2. The predicted octanol–water partition coefficient (Wildman–Crippen LogP) is 1.88. The Balaban J connectivity index is 1.59. The molecule has 3 rings (SSSR count). The first kappa shape index (κ1) is 19.3. The monoisotopic (exact) mass is 400 g/mol. The summed E-state index contributed by atoms with van der Waals surface area (Å²) >= 11 is 0.913. The number of hydrogen-bond acceptors (Lipinski definition) is 6. The van der Waals surface area contributed by atoms with E-state index in [1.165, 1.54) is 17.9 Å². The first-order chi connectivity index (χ1) is 12.0. The van der Waals surface area contributed by atoms with Gasteiger partial charge in [0.1, 0.15) is 9.77 Å². The number of primary sulfonamides is 1. The van der Waals surface area contributed by atoms with Gasteiger partial charge in [-0.25, -0.2) is 18.4 Å². The number of nitrogens with one attached hydrogen (secondary N) is 1. The van der Waals surface area contributed by atoms with Crippen LogP contribution in [-0.4, -0.2) is 32.9 Å². The van der Waals surface area contributed by atoms with Crippen molar-refractivity contribution in [2.45, 2.75) is 51.0 Å². The Bertz CT molecular complexity index is 845. The van der Waals surface area contributed by atoms with Gasteiger partial charge in [0.2, 0.25) is 10.0 Å². The highest BCUT2D eigenvalue weighted by molar-refractivity contribution is 7.89. The molecule has 0 saturated heterocycles. The Hall–Kier alpha value is -1.45. The molecule has 1 heterocycles. The zero-order chi connectivity index (χ0) is 19.3. The topological polar surface area (TPSA) is 116 Å². The predicted molar refractivity (Wildman–Crippen MR) is 97.1 cm³/mol. The third-order valence-electron chi connectivity index (χ3n) is 6.58. The molecule has 0 aliphatic heterocycles. The second kappa shape index (κ2) is 6.31. The van der Waals surface area contributed by atoms with Gasteiger partial charge in [-0.15, -0.1) is 11.3 Å².